The van der Waals surface area contributed by atoms with Gasteiger partial charge in [-0.15, -0.1) is 0 Å². The van der Waals surface area contributed by atoms with Crippen LogP contribution in [-0.4, -0.2) is 30.5 Å². The van der Waals surface area contributed by atoms with Crippen LogP contribution in [0.15, 0.2) is 72.3 Å². The highest BCUT2D eigenvalue weighted by Crippen LogP contribution is 2.43. The van der Waals surface area contributed by atoms with E-state index in [1.165, 1.54) is 4.90 Å². The van der Waals surface area contributed by atoms with E-state index in [1.54, 1.807) is 43.5 Å². The first-order valence-corrected chi connectivity index (χ1v) is 12.1. The number of aryl methyl sites for hydroxylation is 1. The van der Waals surface area contributed by atoms with Gasteiger partial charge < -0.3 is 14.6 Å². The number of anilines is 1. The predicted octanol–water partition coefficient (Wildman–Crippen LogP) is 6.15. The van der Waals surface area contributed by atoms with Crippen molar-refractivity contribution in [3.05, 3.63) is 94.6 Å². The molecule has 0 aromatic heterocycles. The monoisotopic (exact) mass is 485 g/mol. The van der Waals surface area contributed by atoms with Gasteiger partial charge in [-0.2, -0.15) is 0 Å². The fourth-order valence-corrected chi connectivity index (χ4v) is 4.59. The Kier molecular flexibility index (Phi) is 7.15. The number of aliphatic hydroxyl groups excluding tert-OH is 1. The van der Waals surface area contributed by atoms with E-state index in [1.807, 2.05) is 58.0 Å². The molecule has 3 aromatic carbocycles. The Labute approximate surface area is 211 Å². The van der Waals surface area contributed by atoms with E-state index in [4.69, 9.17) is 9.47 Å². The van der Waals surface area contributed by atoms with Gasteiger partial charge in [-0.1, -0.05) is 38.1 Å². The molecule has 1 fully saturated rings. The smallest absolute Gasteiger partial charge is 0.300 e. The van der Waals surface area contributed by atoms with Crippen LogP contribution in [0.3, 0.4) is 0 Å². The number of carbonyl (C=O) groups is 2. The Morgan fingerprint density at radius 1 is 1.03 bits per heavy atom. The maximum Gasteiger partial charge on any atom is 0.300 e. The molecule has 0 spiro atoms. The molecule has 1 unspecified atom stereocenters. The zero-order chi connectivity index (χ0) is 26.0. The number of rotatable bonds is 7. The van der Waals surface area contributed by atoms with Crippen LogP contribution in [-0.2, 0) is 9.59 Å². The van der Waals surface area contributed by atoms with Crippen molar-refractivity contribution in [3.63, 3.8) is 0 Å². The molecule has 1 amide bonds. The highest BCUT2D eigenvalue weighted by atomic mass is 16.5. The van der Waals surface area contributed by atoms with Crippen molar-refractivity contribution in [2.75, 3.05) is 18.6 Å². The summed E-state index contributed by atoms with van der Waals surface area (Å²) in [4.78, 5) is 28.3. The summed E-state index contributed by atoms with van der Waals surface area (Å²) in [7, 11) is 1.56. The van der Waals surface area contributed by atoms with Crippen molar-refractivity contribution >= 4 is 23.1 Å². The van der Waals surface area contributed by atoms with Gasteiger partial charge in [0.15, 0.2) is 0 Å². The summed E-state index contributed by atoms with van der Waals surface area (Å²) >= 11 is 0. The number of Topliss-reactive ketones (excluding diaryl/α,β-unsaturated/α-hetero) is 1. The van der Waals surface area contributed by atoms with E-state index in [-0.39, 0.29) is 17.3 Å². The Morgan fingerprint density at radius 3 is 2.44 bits per heavy atom. The van der Waals surface area contributed by atoms with E-state index in [0.717, 1.165) is 16.9 Å². The van der Waals surface area contributed by atoms with Crippen molar-refractivity contribution < 1.29 is 24.2 Å². The molecule has 3 aromatic rings. The molecule has 6 heteroatoms. The third-order valence-electron chi connectivity index (χ3n) is 6.34. The number of aliphatic hydroxyl groups is 1. The van der Waals surface area contributed by atoms with Gasteiger partial charge >= 0.3 is 0 Å². The molecule has 0 aliphatic carbocycles. The van der Waals surface area contributed by atoms with Gasteiger partial charge in [0.1, 0.15) is 17.3 Å². The minimum Gasteiger partial charge on any atom is -0.507 e. The topological polar surface area (TPSA) is 76.1 Å². The number of benzene rings is 3. The second-order valence-corrected chi connectivity index (χ2v) is 9.13. The van der Waals surface area contributed by atoms with Crippen molar-refractivity contribution in [2.45, 2.75) is 39.7 Å². The predicted molar refractivity (Wildman–Crippen MR) is 141 cm³/mol. The number of hydrogen-bond acceptors (Lipinski definition) is 5. The summed E-state index contributed by atoms with van der Waals surface area (Å²) in [6, 6.07) is 19.1. The zero-order valence-corrected chi connectivity index (χ0v) is 21.2. The summed E-state index contributed by atoms with van der Waals surface area (Å²) in [5.74, 6) is -0.199. The van der Waals surface area contributed by atoms with Crippen LogP contribution < -0.4 is 14.4 Å². The van der Waals surface area contributed by atoms with Gasteiger partial charge in [0.2, 0.25) is 0 Å². The Morgan fingerprint density at radius 2 is 1.78 bits per heavy atom. The molecule has 1 aliphatic rings. The van der Waals surface area contributed by atoms with Crippen molar-refractivity contribution in [2.24, 2.45) is 0 Å². The van der Waals surface area contributed by atoms with Gasteiger partial charge in [-0.25, -0.2) is 0 Å². The lowest BCUT2D eigenvalue weighted by atomic mass is 9.93. The molecule has 4 rings (SSSR count). The minimum absolute atomic E-state index is 0.0358. The summed E-state index contributed by atoms with van der Waals surface area (Å²) in [5, 5.41) is 11.5. The number of methoxy groups -OCH3 is 1. The highest BCUT2D eigenvalue weighted by Gasteiger charge is 2.47. The van der Waals surface area contributed by atoms with Crippen LogP contribution in [0.4, 0.5) is 5.69 Å². The third-order valence-corrected chi connectivity index (χ3v) is 6.34. The largest absolute Gasteiger partial charge is 0.507 e. The molecule has 1 aliphatic heterocycles. The maximum absolute atomic E-state index is 13.5. The average molecular weight is 486 g/mol. The molecule has 0 saturated carbocycles. The first kappa shape index (κ1) is 25.0. The van der Waals surface area contributed by atoms with E-state index < -0.39 is 17.7 Å². The molecule has 1 atom stereocenters. The van der Waals surface area contributed by atoms with Crippen LogP contribution in [0.2, 0.25) is 0 Å². The minimum atomic E-state index is -0.823. The molecule has 36 heavy (non-hydrogen) atoms. The molecule has 1 saturated heterocycles. The van der Waals surface area contributed by atoms with Gasteiger partial charge in [0.25, 0.3) is 11.7 Å². The van der Waals surface area contributed by atoms with Gasteiger partial charge in [-0.3, -0.25) is 14.5 Å². The van der Waals surface area contributed by atoms with Gasteiger partial charge in [0.05, 0.1) is 25.3 Å². The number of hydrogen-bond donors (Lipinski definition) is 1. The molecule has 186 valence electrons. The summed E-state index contributed by atoms with van der Waals surface area (Å²) in [6.07, 6.45) is 0. The molecule has 6 nitrogen and oxygen atoms in total. The number of ether oxygens (including phenoxy) is 2. The molecular weight excluding hydrogens is 454 g/mol. The van der Waals surface area contributed by atoms with E-state index in [0.29, 0.717) is 29.2 Å². The number of ketones is 1. The lowest BCUT2D eigenvalue weighted by Gasteiger charge is -2.26. The van der Waals surface area contributed by atoms with E-state index >= 15 is 0 Å². The molecular formula is C30H31NO5. The first-order valence-electron chi connectivity index (χ1n) is 12.1. The molecule has 1 N–H and O–H groups in total. The van der Waals surface area contributed by atoms with Gasteiger partial charge in [-0.05, 0) is 78.9 Å². The molecule has 1 heterocycles. The Hall–Kier alpha value is -4.06. The van der Waals surface area contributed by atoms with Crippen LogP contribution in [0, 0.1) is 6.92 Å². The third kappa shape index (κ3) is 4.59. The fraction of sp³-hybridized carbons (Fsp3) is 0.267. The zero-order valence-electron chi connectivity index (χ0n) is 21.2. The average Bonchev–Trinajstić information content (AvgIpc) is 3.14. The Balaban J connectivity index is 1.95. The number of nitrogens with zero attached hydrogens (tertiary/aromatic N) is 1. The summed E-state index contributed by atoms with van der Waals surface area (Å²) in [6.45, 7) is 8.43. The van der Waals surface area contributed by atoms with Crippen molar-refractivity contribution in [1.29, 1.82) is 0 Å². The second-order valence-electron chi connectivity index (χ2n) is 9.13. The molecule has 0 radical (unpaired) electrons. The highest BCUT2D eigenvalue weighted by molar-refractivity contribution is 6.51. The first-order chi connectivity index (χ1) is 17.3. The van der Waals surface area contributed by atoms with Gasteiger partial charge in [0, 0.05) is 11.3 Å². The normalized spacial score (nSPS) is 17.1. The lowest BCUT2D eigenvalue weighted by molar-refractivity contribution is -0.132. The van der Waals surface area contributed by atoms with E-state index in [9.17, 15) is 14.7 Å². The lowest BCUT2D eigenvalue weighted by Crippen LogP contribution is -2.29. The van der Waals surface area contributed by atoms with Crippen molar-refractivity contribution in [3.8, 4) is 11.5 Å². The van der Waals surface area contributed by atoms with Crippen LogP contribution in [0.25, 0.3) is 5.76 Å². The van der Waals surface area contributed by atoms with Crippen LogP contribution in [0.1, 0.15) is 55.0 Å². The van der Waals surface area contributed by atoms with Crippen LogP contribution in [0.5, 0.6) is 11.5 Å². The fourth-order valence-electron chi connectivity index (χ4n) is 4.59. The SMILES string of the molecule is CCOc1ccc(/C(O)=C2/C(=O)C(=O)N(c3cccc(C)c3)C2c2cccc(OC)c2)cc1C(C)C. The quantitative estimate of drug-likeness (QED) is 0.247. The van der Waals surface area contributed by atoms with Crippen LogP contribution >= 0.6 is 0 Å². The number of carbonyl (C=O) groups excluding carboxylic acids is 2. The summed E-state index contributed by atoms with van der Waals surface area (Å²) in [5.41, 5.74) is 3.59. The standard InChI is InChI=1S/C30H31NO5/c1-6-36-25-14-13-21(17-24(25)18(2)3)28(32)26-27(20-10-8-12-23(16-20)35-5)31(30(34)29(26)33)22-11-7-9-19(4)15-22/h7-18,27,32H,6H2,1-5H3/b28-26-. The van der Waals surface area contributed by atoms with Crippen molar-refractivity contribution in [1.82, 2.24) is 0 Å². The number of amides is 1. The van der Waals surface area contributed by atoms with E-state index in [2.05, 4.69) is 0 Å². The molecule has 0 bridgehead atoms. The second kappa shape index (κ2) is 10.3. The summed E-state index contributed by atoms with van der Waals surface area (Å²) < 4.78 is 11.2. The maximum atomic E-state index is 13.5. The Bertz CT molecular complexity index is 1340.